The van der Waals surface area contributed by atoms with Crippen LogP contribution in [-0.2, 0) is 0 Å². The number of aryl methyl sites for hydroxylation is 1. The first kappa shape index (κ1) is 7.53. The van der Waals surface area contributed by atoms with Crippen molar-refractivity contribution in [2.75, 3.05) is 5.73 Å². The molecule has 0 spiro atoms. The molecular formula is C7H8N2O2. The summed E-state index contributed by atoms with van der Waals surface area (Å²) in [5.74, 6) is -1.09. The lowest BCUT2D eigenvalue weighted by molar-refractivity contribution is 0.0691. The zero-order chi connectivity index (χ0) is 8.43. The molecule has 4 nitrogen and oxygen atoms in total. The highest BCUT2D eigenvalue weighted by atomic mass is 16.4. The number of carboxylic acids is 1. The van der Waals surface area contributed by atoms with Gasteiger partial charge in [-0.15, -0.1) is 0 Å². The molecule has 0 bridgehead atoms. The predicted molar refractivity (Wildman–Crippen MR) is 40.3 cm³/mol. The van der Waals surface area contributed by atoms with Crippen molar-refractivity contribution in [3.05, 3.63) is 23.5 Å². The van der Waals surface area contributed by atoms with E-state index < -0.39 is 5.97 Å². The van der Waals surface area contributed by atoms with Crippen LogP contribution in [-0.4, -0.2) is 16.1 Å². The van der Waals surface area contributed by atoms with Gasteiger partial charge in [0, 0.05) is 6.20 Å². The first-order valence-electron chi connectivity index (χ1n) is 3.07. The number of hydrogen-bond acceptors (Lipinski definition) is 3. The van der Waals surface area contributed by atoms with Gasteiger partial charge in [0.25, 0.3) is 0 Å². The number of aromatic carboxylic acids is 1. The Balaban J connectivity index is 3.27. The van der Waals surface area contributed by atoms with Crippen molar-refractivity contribution < 1.29 is 9.90 Å². The highest BCUT2D eigenvalue weighted by Gasteiger charge is 2.09. The number of carbonyl (C=O) groups is 1. The standard InChI is InChI=1S/C7H8N2O2/c1-4-2-3-9-6(5(4)8)7(10)11/h2-3H,8H2,1H3,(H,10,11). The van der Waals surface area contributed by atoms with Gasteiger partial charge in [0.05, 0.1) is 5.69 Å². The highest BCUT2D eigenvalue weighted by molar-refractivity contribution is 5.91. The van der Waals surface area contributed by atoms with Gasteiger partial charge in [0.15, 0.2) is 5.69 Å². The average molecular weight is 152 g/mol. The minimum Gasteiger partial charge on any atom is -0.476 e. The Bertz CT molecular complexity index is 296. The van der Waals surface area contributed by atoms with Crippen LogP contribution in [0.15, 0.2) is 12.3 Å². The number of aromatic nitrogens is 1. The Kier molecular flexibility index (Phi) is 1.76. The number of nitrogens with zero attached hydrogens (tertiary/aromatic N) is 1. The van der Waals surface area contributed by atoms with Crippen LogP contribution in [0.3, 0.4) is 0 Å². The maximum Gasteiger partial charge on any atom is 0.356 e. The van der Waals surface area contributed by atoms with Crippen molar-refractivity contribution in [2.24, 2.45) is 0 Å². The molecule has 1 rings (SSSR count). The van der Waals surface area contributed by atoms with Crippen LogP contribution in [0.25, 0.3) is 0 Å². The Morgan fingerprint density at radius 1 is 1.73 bits per heavy atom. The lowest BCUT2D eigenvalue weighted by atomic mass is 10.2. The Morgan fingerprint density at radius 3 is 2.82 bits per heavy atom. The number of nitrogens with two attached hydrogens (primary N) is 1. The Morgan fingerprint density at radius 2 is 2.36 bits per heavy atom. The molecule has 1 aromatic rings. The zero-order valence-corrected chi connectivity index (χ0v) is 6.03. The highest BCUT2D eigenvalue weighted by Crippen LogP contribution is 2.12. The summed E-state index contributed by atoms with van der Waals surface area (Å²) in [6.45, 7) is 1.74. The number of hydrogen-bond donors (Lipinski definition) is 2. The van der Waals surface area contributed by atoms with Gasteiger partial charge in [0.1, 0.15) is 0 Å². The maximum absolute atomic E-state index is 10.4. The fourth-order valence-corrected chi connectivity index (χ4v) is 0.740. The van der Waals surface area contributed by atoms with Crippen molar-refractivity contribution in [1.82, 2.24) is 4.98 Å². The number of nitrogen functional groups attached to an aromatic ring is 1. The molecule has 1 heterocycles. The summed E-state index contributed by atoms with van der Waals surface area (Å²) >= 11 is 0. The van der Waals surface area contributed by atoms with Crippen molar-refractivity contribution in [1.29, 1.82) is 0 Å². The van der Waals surface area contributed by atoms with Crippen LogP contribution < -0.4 is 5.73 Å². The SMILES string of the molecule is Cc1ccnc(C(=O)O)c1N. The van der Waals surface area contributed by atoms with Gasteiger partial charge in [-0.3, -0.25) is 0 Å². The fraction of sp³-hybridized carbons (Fsp3) is 0.143. The van der Waals surface area contributed by atoms with Crippen LogP contribution in [0, 0.1) is 6.92 Å². The van der Waals surface area contributed by atoms with Gasteiger partial charge in [-0.25, -0.2) is 9.78 Å². The molecule has 0 aliphatic heterocycles. The zero-order valence-electron chi connectivity index (χ0n) is 6.03. The second kappa shape index (κ2) is 2.57. The summed E-state index contributed by atoms with van der Waals surface area (Å²) < 4.78 is 0. The third-order valence-corrected chi connectivity index (χ3v) is 1.41. The van der Waals surface area contributed by atoms with Gasteiger partial charge in [-0.2, -0.15) is 0 Å². The van der Waals surface area contributed by atoms with Crippen LogP contribution in [0.2, 0.25) is 0 Å². The second-order valence-electron chi connectivity index (χ2n) is 2.20. The molecule has 0 fully saturated rings. The largest absolute Gasteiger partial charge is 0.476 e. The van der Waals surface area contributed by atoms with E-state index >= 15 is 0 Å². The van der Waals surface area contributed by atoms with Crippen molar-refractivity contribution in [3.63, 3.8) is 0 Å². The first-order chi connectivity index (χ1) is 5.13. The van der Waals surface area contributed by atoms with Gasteiger partial charge in [-0.1, -0.05) is 0 Å². The van der Waals surface area contributed by atoms with E-state index in [0.29, 0.717) is 0 Å². The Hall–Kier alpha value is -1.58. The molecule has 0 radical (unpaired) electrons. The van der Waals surface area contributed by atoms with Crippen molar-refractivity contribution in [3.8, 4) is 0 Å². The second-order valence-corrected chi connectivity index (χ2v) is 2.20. The summed E-state index contributed by atoms with van der Waals surface area (Å²) in [4.78, 5) is 14.0. The number of pyridine rings is 1. The smallest absolute Gasteiger partial charge is 0.356 e. The third-order valence-electron chi connectivity index (χ3n) is 1.41. The summed E-state index contributed by atoms with van der Waals surface area (Å²) in [5, 5.41) is 8.55. The quantitative estimate of drug-likeness (QED) is 0.620. The van der Waals surface area contributed by atoms with E-state index in [1.54, 1.807) is 13.0 Å². The molecule has 0 aliphatic carbocycles. The van der Waals surface area contributed by atoms with E-state index in [1.165, 1.54) is 6.20 Å². The van der Waals surface area contributed by atoms with E-state index in [2.05, 4.69) is 4.98 Å². The van der Waals surface area contributed by atoms with Gasteiger partial charge in [0.2, 0.25) is 0 Å². The molecule has 0 aliphatic rings. The topological polar surface area (TPSA) is 76.2 Å². The molecular weight excluding hydrogens is 144 g/mol. The van der Waals surface area contributed by atoms with Crippen molar-refractivity contribution in [2.45, 2.75) is 6.92 Å². The minimum atomic E-state index is -1.09. The van der Waals surface area contributed by atoms with Gasteiger partial charge < -0.3 is 10.8 Å². The Labute approximate surface area is 63.7 Å². The molecule has 0 amide bonds. The number of carboxylic acid groups (broad SMARTS) is 1. The molecule has 58 valence electrons. The monoisotopic (exact) mass is 152 g/mol. The van der Waals surface area contributed by atoms with Crippen LogP contribution in [0.4, 0.5) is 5.69 Å². The van der Waals surface area contributed by atoms with Crippen LogP contribution in [0.5, 0.6) is 0 Å². The molecule has 0 unspecified atom stereocenters. The fourth-order valence-electron chi connectivity index (χ4n) is 0.740. The maximum atomic E-state index is 10.4. The van der Waals surface area contributed by atoms with E-state index in [-0.39, 0.29) is 11.4 Å². The molecule has 0 saturated heterocycles. The van der Waals surface area contributed by atoms with Crippen LogP contribution >= 0.6 is 0 Å². The molecule has 0 aromatic carbocycles. The average Bonchev–Trinajstić information content (AvgIpc) is 1.94. The molecule has 0 saturated carbocycles. The first-order valence-corrected chi connectivity index (χ1v) is 3.07. The van der Waals surface area contributed by atoms with Gasteiger partial charge in [-0.05, 0) is 18.6 Å². The number of rotatable bonds is 1. The van der Waals surface area contributed by atoms with E-state index in [0.717, 1.165) is 5.56 Å². The third kappa shape index (κ3) is 1.29. The normalized spacial score (nSPS) is 9.55. The lowest BCUT2D eigenvalue weighted by Crippen LogP contribution is -2.06. The molecule has 4 heteroatoms. The molecule has 3 N–H and O–H groups in total. The van der Waals surface area contributed by atoms with E-state index in [9.17, 15) is 4.79 Å². The molecule has 0 atom stereocenters. The van der Waals surface area contributed by atoms with Gasteiger partial charge >= 0.3 is 5.97 Å². The minimum absolute atomic E-state index is 0.0787. The number of anilines is 1. The molecule has 11 heavy (non-hydrogen) atoms. The summed E-state index contributed by atoms with van der Waals surface area (Å²) in [5.41, 5.74) is 6.33. The predicted octanol–water partition coefficient (Wildman–Crippen LogP) is 0.670. The summed E-state index contributed by atoms with van der Waals surface area (Å²) in [6.07, 6.45) is 1.43. The summed E-state index contributed by atoms with van der Waals surface area (Å²) in [7, 11) is 0. The van der Waals surface area contributed by atoms with Crippen molar-refractivity contribution >= 4 is 11.7 Å². The lowest BCUT2D eigenvalue weighted by Gasteiger charge is -2.00. The molecule has 1 aromatic heterocycles. The van der Waals surface area contributed by atoms with E-state index in [1.807, 2.05) is 0 Å². The summed E-state index contributed by atoms with van der Waals surface area (Å²) in [6, 6.07) is 1.67. The van der Waals surface area contributed by atoms with Crippen LogP contribution in [0.1, 0.15) is 16.1 Å². The van der Waals surface area contributed by atoms with E-state index in [4.69, 9.17) is 10.8 Å².